The minimum Gasteiger partial charge on any atom is -0.366 e. The Morgan fingerprint density at radius 1 is 0.862 bits per heavy atom. The molecule has 0 unspecified atom stereocenters. The number of carbonyl (C=O) groups is 2. The molecule has 0 radical (unpaired) electrons. The lowest BCUT2D eigenvalue weighted by Gasteiger charge is -2.29. The zero-order valence-electron chi connectivity index (χ0n) is 16.6. The normalized spacial score (nSPS) is 11.6. The van der Waals surface area contributed by atoms with Gasteiger partial charge in [-0.05, 0) is 48.6 Å². The van der Waals surface area contributed by atoms with E-state index in [1.54, 1.807) is 6.07 Å². The van der Waals surface area contributed by atoms with Crippen LogP contribution in [0.4, 0.5) is 0 Å². The van der Waals surface area contributed by atoms with E-state index in [1.165, 1.54) is 5.56 Å². The van der Waals surface area contributed by atoms with E-state index < -0.39 is 5.91 Å². The molecular formula is C25H26N2O2. The highest BCUT2D eigenvalue weighted by Crippen LogP contribution is 2.19. The van der Waals surface area contributed by atoms with Gasteiger partial charge >= 0.3 is 0 Å². The van der Waals surface area contributed by atoms with E-state index in [1.807, 2.05) is 78.7 Å². The summed E-state index contributed by atoms with van der Waals surface area (Å²) in [6, 6.07) is 26.9. The Balaban J connectivity index is 1.81. The maximum Gasteiger partial charge on any atom is 0.253 e. The van der Waals surface area contributed by atoms with Crippen LogP contribution >= 0.6 is 0 Å². The van der Waals surface area contributed by atoms with Gasteiger partial charge < -0.3 is 10.6 Å². The molecule has 148 valence electrons. The minimum atomic E-state index is -0.422. The van der Waals surface area contributed by atoms with Crippen molar-refractivity contribution in [3.05, 3.63) is 107 Å². The predicted molar refractivity (Wildman–Crippen MR) is 116 cm³/mol. The van der Waals surface area contributed by atoms with Crippen LogP contribution in [0.5, 0.6) is 0 Å². The Bertz CT molecular complexity index is 955. The molecule has 2 N–H and O–H groups in total. The molecule has 0 heterocycles. The highest BCUT2D eigenvalue weighted by molar-refractivity contribution is 5.94. The second-order valence-electron chi connectivity index (χ2n) is 7.19. The SMILES string of the molecule is CN(C(=O)c1ccccc1)[C@@H](CCc1ccccc1C(N)=O)Cc1ccccc1. The van der Waals surface area contributed by atoms with Crippen LogP contribution in [0.3, 0.4) is 0 Å². The number of benzene rings is 3. The van der Waals surface area contributed by atoms with Gasteiger partial charge in [0.05, 0.1) is 0 Å². The fraction of sp³-hybridized carbons (Fsp3) is 0.200. The molecule has 0 spiro atoms. The van der Waals surface area contributed by atoms with Crippen LogP contribution in [0.1, 0.15) is 38.3 Å². The largest absolute Gasteiger partial charge is 0.366 e. The lowest BCUT2D eigenvalue weighted by atomic mass is 9.95. The maximum atomic E-state index is 13.0. The summed E-state index contributed by atoms with van der Waals surface area (Å²) in [4.78, 5) is 26.6. The molecule has 0 aliphatic rings. The molecule has 0 aliphatic carbocycles. The quantitative estimate of drug-likeness (QED) is 0.633. The van der Waals surface area contributed by atoms with E-state index in [0.717, 1.165) is 18.4 Å². The first-order valence-electron chi connectivity index (χ1n) is 9.80. The Labute approximate surface area is 172 Å². The Kier molecular flexibility index (Phi) is 6.80. The van der Waals surface area contributed by atoms with Crippen molar-refractivity contribution in [2.24, 2.45) is 5.73 Å². The molecule has 3 aromatic rings. The second kappa shape index (κ2) is 9.69. The number of rotatable bonds is 8. The summed E-state index contributed by atoms with van der Waals surface area (Å²) in [7, 11) is 1.85. The Hall–Kier alpha value is -3.40. The lowest BCUT2D eigenvalue weighted by molar-refractivity contribution is 0.0723. The summed E-state index contributed by atoms with van der Waals surface area (Å²) in [6.45, 7) is 0. The van der Waals surface area contributed by atoms with Crippen LogP contribution in [0.25, 0.3) is 0 Å². The van der Waals surface area contributed by atoms with Crippen LogP contribution in [0.2, 0.25) is 0 Å². The van der Waals surface area contributed by atoms with Crippen molar-refractivity contribution < 1.29 is 9.59 Å². The van der Waals surface area contributed by atoms with Crippen LogP contribution in [-0.4, -0.2) is 29.8 Å². The molecule has 0 fully saturated rings. The molecule has 0 bridgehead atoms. The van der Waals surface area contributed by atoms with Crippen molar-refractivity contribution >= 4 is 11.8 Å². The standard InChI is InChI=1S/C25H26N2O2/c1-27(25(29)21-13-6-3-7-14-21)22(18-19-10-4-2-5-11-19)17-16-20-12-8-9-15-23(20)24(26)28/h2-15,22H,16-18H2,1H3,(H2,26,28)/t22-/m0/s1. The number of carbonyl (C=O) groups excluding carboxylic acids is 2. The minimum absolute atomic E-state index is 0.00489. The molecule has 3 aromatic carbocycles. The van der Waals surface area contributed by atoms with Crippen LogP contribution in [0, 0.1) is 0 Å². The predicted octanol–water partition coefficient (Wildman–Crippen LogP) is 4.10. The lowest BCUT2D eigenvalue weighted by Crippen LogP contribution is -2.39. The molecule has 2 amide bonds. The van der Waals surface area contributed by atoms with Gasteiger partial charge in [0, 0.05) is 24.2 Å². The van der Waals surface area contributed by atoms with Crippen LogP contribution in [-0.2, 0) is 12.8 Å². The maximum absolute atomic E-state index is 13.0. The molecule has 1 atom stereocenters. The molecule has 0 saturated heterocycles. The van der Waals surface area contributed by atoms with Gasteiger partial charge in [-0.25, -0.2) is 0 Å². The van der Waals surface area contributed by atoms with Crippen molar-refractivity contribution in [2.45, 2.75) is 25.3 Å². The average molecular weight is 386 g/mol. The summed E-state index contributed by atoms with van der Waals surface area (Å²) in [6.07, 6.45) is 2.14. The number of hydrogen-bond donors (Lipinski definition) is 1. The van der Waals surface area contributed by atoms with Gasteiger partial charge in [0.25, 0.3) is 5.91 Å². The fourth-order valence-corrected chi connectivity index (χ4v) is 3.57. The Morgan fingerprint density at radius 2 is 1.45 bits per heavy atom. The van der Waals surface area contributed by atoms with Crippen LogP contribution in [0.15, 0.2) is 84.9 Å². The molecule has 4 nitrogen and oxygen atoms in total. The third-order valence-electron chi connectivity index (χ3n) is 5.23. The number of nitrogens with two attached hydrogens (primary N) is 1. The van der Waals surface area contributed by atoms with E-state index >= 15 is 0 Å². The van der Waals surface area contributed by atoms with E-state index in [4.69, 9.17) is 5.73 Å². The summed E-state index contributed by atoms with van der Waals surface area (Å²) in [5, 5.41) is 0. The Morgan fingerprint density at radius 3 is 2.10 bits per heavy atom. The molecule has 29 heavy (non-hydrogen) atoms. The third kappa shape index (κ3) is 5.32. The van der Waals surface area contributed by atoms with Crippen molar-refractivity contribution in [1.82, 2.24) is 4.90 Å². The van der Waals surface area contributed by atoms with Crippen molar-refractivity contribution in [2.75, 3.05) is 7.05 Å². The summed E-state index contributed by atoms with van der Waals surface area (Å²) in [5.41, 5.74) is 8.83. The fourth-order valence-electron chi connectivity index (χ4n) is 3.57. The first-order chi connectivity index (χ1) is 14.1. The van der Waals surface area contributed by atoms with E-state index in [2.05, 4.69) is 12.1 Å². The molecule has 4 heteroatoms. The summed E-state index contributed by atoms with van der Waals surface area (Å²) in [5.74, 6) is -0.427. The van der Waals surface area contributed by atoms with Crippen molar-refractivity contribution in [3.8, 4) is 0 Å². The number of amides is 2. The highest BCUT2D eigenvalue weighted by Gasteiger charge is 2.22. The third-order valence-corrected chi connectivity index (χ3v) is 5.23. The van der Waals surface area contributed by atoms with Crippen molar-refractivity contribution in [3.63, 3.8) is 0 Å². The van der Waals surface area contributed by atoms with E-state index in [0.29, 0.717) is 17.5 Å². The van der Waals surface area contributed by atoms with Crippen molar-refractivity contribution in [1.29, 1.82) is 0 Å². The molecule has 0 aromatic heterocycles. The first kappa shape index (κ1) is 20.3. The molecular weight excluding hydrogens is 360 g/mol. The zero-order chi connectivity index (χ0) is 20.6. The molecule has 0 saturated carbocycles. The van der Waals surface area contributed by atoms with E-state index in [9.17, 15) is 9.59 Å². The van der Waals surface area contributed by atoms with E-state index in [-0.39, 0.29) is 11.9 Å². The summed E-state index contributed by atoms with van der Waals surface area (Å²) < 4.78 is 0. The topological polar surface area (TPSA) is 63.4 Å². The number of hydrogen-bond acceptors (Lipinski definition) is 2. The number of primary amides is 1. The monoisotopic (exact) mass is 386 g/mol. The van der Waals surface area contributed by atoms with Crippen LogP contribution < -0.4 is 5.73 Å². The highest BCUT2D eigenvalue weighted by atomic mass is 16.2. The van der Waals surface area contributed by atoms with Gasteiger partial charge in [-0.2, -0.15) is 0 Å². The number of aryl methyl sites for hydroxylation is 1. The smallest absolute Gasteiger partial charge is 0.253 e. The van der Waals surface area contributed by atoms with Gasteiger partial charge in [-0.1, -0.05) is 66.7 Å². The zero-order valence-corrected chi connectivity index (χ0v) is 16.6. The first-order valence-corrected chi connectivity index (χ1v) is 9.80. The van der Waals surface area contributed by atoms with Gasteiger partial charge in [0.2, 0.25) is 5.91 Å². The second-order valence-corrected chi connectivity index (χ2v) is 7.19. The van der Waals surface area contributed by atoms with Gasteiger partial charge in [-0.3, -0.25) is 9.59 Å². The average Bonchev–Trinajstić information content (AvgIpc) is 2.77. The van der Waals surface area contributed by atoms with Gasteiger partial charge in [-0.15, -0.1) is 0 Å². The summed E-state index contributed by atoms with van der Waals surface area (Å²) >= 11 is 0. The molecule has 0 aliphatic heterocycles. The number of likely N-dealkylation sites (N-methyl/N-ethyl adjacent to an activating group) is 1. The van der Waals surface area contributed by atoms with Gasteiger partial charge in [0.15, 0.2) is 0 Å². The van der Waals surface area contributed by atoms with Gasteiger partial charge in [0.1, 0.15) is 0 Å². The molecule has 3 rings (SSSR count). The number of nitrogens with zero attached hydrogens (tertiary/aromatic N) is 1.